The number of imidazole rings is 1. The molecule has 7 nitrogen and oxygen atoms in total. The topological polar surface area (TPSA) is 61.0 Å². The molecule has 2 aromatic rings. The summed E-state index contributed by atoms with van der Waals surface area (Å²) in [5.74, 6) is 2.34. The van der Waals surface area contributed by atoms with Gasteiger partial charge < -0.3 is 9.30 Å². The van der Waals surface area contributed by atoms with Crippen LogP contribution in [0.1, 0.15) is 12.2 Å². The van der Waals surface area contributed by atoms with E-state index in [0.29, 0.717) is 11.8 Å². The lowest BCUT2D eigenvalue weighted by Crippen LogP contribution is -2.34. The van der Waals surface area contributed by atoms with E-state index in [1.165, 1.54) is 12.2 Å². The van der Waals surface area contributed by atoms with Crippen molar-refractivity contribution in [3.8, 4) is 0 Å². The number of ether oxygens (including phenoxy) is 1. The van der Waals surface area contributed by atoms with Crippen molar-refractivity contribution in [1.82, 2.24) is 29.2 Å². The van der Waals surface area contributed by atoms with Gasteiger partial charge in [0.15, 0.2) is 0 Å². The van der Waals surface area contributed by atoms with Gasteiger partial charge in [0.25, 0.3) is 0 Å². The van der Waals surface area contributed by atoms with Crippen molar-refractivity contribution in [2.24, 2.45) is 11.8 Å². The first kappa shape index (κ1) is 13.9. The predicted octanol–water partition coefficient (Wildman–Crippen LogP) is 0.643. The molecule has 7 heteroatoms. The fourth-order valence-corrected chi connectivity index (χ4v) is 3.56. The minimum absolute atomic E-state index is 0.513. The van der Waals surface area contributed by atoms with Gasteiger partial charge in [-0.25, -0.2) is 9.97 Å². The Morgan fingerprint density at radius 1 is 1.23 bits per heavy atom. The first-order chi connectivity index (χ1) is 10.9. The van der Waals surface area contributed by atoms with E-state index in [-0.39, 0.29) is 0 Å². The van der Waals surface area contributed by atoms with Crippen molar-refractivity contribution in [2.75, 3.05) is 26.3 Å². The minimum atomic E-state index is 0.513. The minimum Gasteiger partial charge on any atom is -0.381 e. The Kier molecular flexibility index (Phi) is 3.90. The molecule has 2 aliphatic rings. The molecule has 0 spiro atoms. The van der Waals surface area contributed by atoms with E-state index in [9.17, 15) is 0 Å². The number of aromatic nitrogens is 5. The molecule has 0 amide bonds. The van der Waals surface area contributed by atoms with Crippen LogP contribution in [-0.2, 0) is 24.4 Å². The molecule has 1 saturated heterocycles. The van der Waals surface area contributed by atoms with Crippen molar-refractivity contribution >= 4 is 0 Å². The van der Waals surface area contributed by atoms with Gasteiger partial charge in [0.2, 0.25) is 0 Å². The number of fused-ring (bicyclic) bond motifs is 1. The Bertz CT molecular complexity index is 589. The predicted molar refractivity (Wildman–Crippen MR) is 79.9 cm³/mol. The molecular formula is C15H22N6O. The standard InChI is InChI=1S/C15H22N6O/c1-4-22-10-13(1)5-19-6-14(8-21-12-16-11-18-21)7-20-3-2-17-15(20)9-19/h2-3,11-14H,1,4-10H2/t13-,14-/m0/s1. The third-order valence-electron chi connectivity index (χ3n) is 4.59. The molecule has 4 rings (SSSR count). The molecule has 0 radical (unpaired) electrons. The second-order valence-electron chi connectivity index (χ2n) is 6.40. The van der Waals surface area contributed by atoms with Gasteiger partial charge in [-0.05, 0) is 12.3 Å². The van der Waals surface area contributed by atoms with E-state index in [1.807, 2.05) is 10.9 Å². The summed E-state index contributed by atoms with van der Waals surface area (Å²) in [5, 5.41) is 4.26. The lowest BCUT2D eigenvalue weighted by atomic mass is 10.1. The highest BCUT2D eigenvalue weighted by Crippen LogP contribution is 2.20. The molecule has 118 valence electrons. The third kappa shape index (κ3) is 3.05. The van der Waals surface area contributed by atoms with Gasteiger partial charge in [0.1, 0.15) is 18.5 Å². The Balaban J connectivity index is 1.49. The van der Waals surface area contributed by atoms with Gasteiger partial charge in [0, 0.05) is 51.1 Å². The Hall–Kier alpha value is -1.73. The second-order valence-corrected chi connectivity index (χ2v) is 6.40. The highest BCUT2D eigenvalue weighted by atomic mass is 16.5. The zero-order valence-electron chi connectivity index (χ0n) is 12.7. The monoisotopic (exact) mass is 302 g/mol. The van der Waals surface area contributed by atoms with Crippen molar-refractivity contribution in [1.29, 1.82) is 0 Å². The second kappa shape index (κ2) is 6.18. The molecular weight excluding hydrogens is 280 g/mol. The van der Waals surface area contributed by atoms with Crippen LogP contribution >= 0.6 is 0 Å². The maximum absolute atomic E-state index is 5.53. The van der Waals surface area contributed by atoms with E-state index in [2.05, 4.69) is 30.7 Å². The molecule has 4 heterocycles. The summed E-state index contributed by atoms with van der Waals surface area (Å²) < 4.78 is 9.74. The van der Waals surface area contributed by atoms with Crippen LogP contribution in [0.15, 0.2) is 25.0 Å². The lowest BCUT2D eigenvalue weighted by Gasteiger charge is -2.25. The van der Waals surface area contributed by atoms with Crippen molar-refractivity contribution in [3.63, 3.8) is 0 Å². The molecule has 0 aliphatic carbocycles. The van der Waals surface area contributed by atoms with E-state index >= 15 is 0 Å². The van der Waals surface area contributed by atoms with Crippen LogP contribution in [0.2, 0.25) is 0 Å². The smallest absolute Gasteiger partial charge is 0.137 e. The summed E-state index contributed by atoms with van der Waals surface area (Å²) in [6.45, 7) is 6.80. The summed E-state index contributed by atoms with van der Waals surface area (Å²) in [6.07, 6.45) is 8.58. The molecule has 0 aromatic carbocycles. The van der Waals surface area contributed by atoms with Crippen molar-refractivity contribution in [3.05, 3.63) is 30.9 Å². The summed E-state index contributed by atoms with van der Waals surface area (Å²) in [5.41, 5.74) is 0. The molecule has 2 aromatic heterocycles. The fraction of sp³-hybridized carbons (Fsp3) is 0.667. The van der Waals surface area contributed by atoms with E-state index in [0.717, 1.165) is 45.9 Å². The number of hydrogen-bond donors (Lipinski definition) is 0. The van der Waals surface area contributed by atoms with Gasteiger partial charge in [-0.3, -0.25) is 9.58 Å². The molecule has 0 unspecified atom stereocenters. The zero-order valence-corrected chi connectivity index (χ0v) is 12.7. The largest absolute Gasteiger partial charge is 0.381 e. The van der Waals surface area contributed by atoms with Crippen molar-refractivity contribution in [2.45, 2.75) is 26.1 Å². The Morgan fingerprint density at radius 2 is 2.23 bits per heavy atom. The molecule has 0 saturated carbocycles. The van der Waals surface area contributed by atoms with Gasteiger partial charge in [-0.15, -0.1) is 0 Å². The Labute approximate surface area is 129 Å². The van der Waals surface area contributed by atoms with Crippen molar-refractivity contribution < 1.29 is 4.74 Å². The summed E-state index contributed by atoms with van der Waals surface area (Å²) in [7, 11) is 0. The fourth-order valence-electron chi connectivity index (χ4n) is 3.56. The first-order valence-electron chi connectivity index (χ1n) is 7.99. The number of rotatable bonds is 4. The van der Waals surface area contributed by atoms with E-state index in [1.54, 1.807) is 12.7 Å². The average molecular weight is 302 g/mol. The lowest BCUT2D eigenvalue weighted by molar-refractivity contribution is 0.153. The normalized spacial score (nSPS) is 26.0. The maximum Gasteiger partial charge on any atom is 0.137 e. The van der Waals surface area contributed by atoms with Crippen LogP contribution < -0.4 is 0 Å². The van der Waals surface area contributed by atoms with Crippen LogP contribution in [0.25, 0.3) is 0 Å². The molecule has 0 bridgehead atoms. The van der Waals surface area contributed by atoms with Crippen LogP contribution in [0, 0.1) is 11.8 Å². The van der Waals surface area contributed by atoms with Gasteiger partial charge in [-0.1, -0.05) is 0 Å². The maximum atomic E-state index is 5.53. The first-order valence-corrected chi connectivity index (χ1v) is 7.99. The average Bonchev–Trinajstić information content (AvgIpc) is 3.22. The summed E-state index contributed by atoms with van der Waals surface area (Å²) in [4.78, 5) is 11.1. The molecule has 2 atom stereocenters. The number of hydrogen-bond acceptors (Lipinski definition) is 5. The Morgan fingerprint density at radius 3 is 3.05 bits per heavy atom. The van der Waals surface area contributed by atoms with Gasteiger partial charge >= 0.3 is 0 Å². The van der Waals surface area contributed by atoms with E-state index in [4.69, 9.17) is 4.74 Å². The van der Waals surface area contributed by atoms with Gasteiger partial charge in [-0.2, -0.15) is 5.10 Å². The quantitative estimate of drug-likeness (QED) is 0.829. The highest BCUT2D eigenvalue weighted by molar-refractivity contribution is 4.96. The number of nitrogens with zero attached hydrogens (tertiary/aromatic N) is 6. The van der Waals surface area contributed by atoms with Crippen LogP contribution in [0.4, 0.5) is 0 Å². The van der Waals surface area contributed by atoms with E-state index < -0.39 is 0 Å². The van der Waals surface area contributed by atoms with Crippen LogP contribution in [0.5, 0.6) is 0 Å². The highest BCUT2D eigenvalue weighted by Gasteiger charge is 2.26. The summed E-state index contributed by atoms with van der Waals surface area (Å²) >= 11 is 0. The van der Waals surface area contributed by atoms with Gasteiger partial charge in [0.05, 0.1) is 13.2 Å². The molecule has 0 N–H and O–H groups in total. The molecule has 2 aliphatic heterocycles. The SMILES string of the molecule is c1cn2c(n1)CN(C[C@@H]1CCOC1)C[C@H](Cn1cncn1)C2. The summed E-state index contributed by atoms with van der Waals surface area (Å²) in [6, 6.07) is 0. The molecule has 22 heavy (non-hydrogen) atoms. The third-order valence-corrected chi connectivity index (χ3v) is 4.59. The van der Waals surface area contributed by atoms with Crippen LogP contribution in [0.3, 0.4) is 0 Å². The molecule has 1 fully saturated rings. The van der Waals surface area contributed by atoms with Crippen LogP contribution in [-0.4, -0.2) is 55.5 Å². The zero-order chi connectivity index (χ0) is 14.8.